The largest absolute Gasteiger partial charge is 0.396 e. The summed E-state index contributed by atoms with van der Waals surface area (Å²) >= 11 is 0. The first-order chi connectivity index (χ1) is 11.6. The summed E-state index contributed by atoms with van der Waals surface area (Å²) in [5.74, 6) is 0.201. The molecule has 1 unspecified atom stereocenters. The molecule has 132 valence electrons. The number of carbonyl (C=O) groups excluding carboxylic acids is 1. The van der Waals surface area contributed by atoms with E-state index in [1.165, 1.54) is 12.1 Å². The summed E-state index contributed by atoms with van der Waals surface area (Å²) in [5.41, 5.74) is 0.950. The minimum atomic E-state index is -0.254. The summed E-state index contributed by atoms with van der Waals surface area (Å²) < 4.78 is 13.1. The van der Waals surface area contributed by atoms with Gasteiger partial charge in [0.05, 0.1) is 6.04 Å². The summed E-state index contributed by atoms with van der Waals surface area (Å²) in [5, 5.41) is 12.8. The second-order valence-electron chi connectivity index (χ2n) is 7.31. The number of likely N-dealkylation sites (tertiary alicyclic amines) is 1. The number of hydrogen-bond donors (Lipinski definition) is 2. The molecule has 1 atom stereocenters. The van der Waals surface area contributed by atoms with Gasteiger partial charge in [-0.15, -0.1) is 0 Å². The fourth-order valence-corrected chi connectivity index (χ4v) is 3.60. The molecule has 2 amide bonds. The second kappa shape index (κ2) is 7.09. The van der Waals surface area contributed by atoms with E-state index in [2.05, 4.69) is 12.2 Å². The molecule has 2 fully saturated rings. The molecule has 1 aliphatic carbocycles. The molecule has 5 heteroatoms. The highest BCUT2D eigenvalue weighted by Crippen LogP contribution is 2.41. The number of urea groups is 1. The van der Waals surface area contributed by atoms with E-state index in [9.17, 15) is 14.3 Å². The first-order valence-corrected chi connectivity index (χ1v) is 8.99. The molecule has 1 heterocycles. The number of carbonyl (C=O) groups is 1. The highest BCUT2D eigenvalue weighted by molar-refractivity contribution is 5.75. The van der Waals surface area contributed by atoms with Crippen LogP contribution in [0.5, 0.6) is 0 Å². The van der Waals surface area contributed by atoms with E-state index in [1.807, 2.05) is 4.90 Å². The predicted octanol–water partition coefficient (Wildman–Crippen LogP) is 3.47. The minimum Gasteiger partial charge on any atom is -0.396 e. The number of nitrogens with one attached hydrogen (secondary N) is 1. The molecular formula is C19H27FN2O2. The topological polar surface area (TPSA) is 52.6 Å². The number of hydrogen-bond acceptors (Lipinski definition) is 2. The molecule has 0 aromatic heterocycles. The van der Waals surface area contributed by atoms with Crippen molar-refractivity contribution in [3.05, 3.63) is 35.6 Å². The molecule has 0 radical (unpaired) electrons. The van der Waals surface area contributed by atoms with Crippen LogP contribution < -0.4 is 5.32 Å². The van der Waals surface area contributed by atoms with Crippen molar-refractivity contribution in [2.75, 3.05) is 19.7 Å². The molecule has 2 aliphatic rings. The van der Waals surface area contributed by atoms with Crippen molar-refractivity contribution in [1.29, 1.82) is 0 Å². The van der Waals surface area contributed by atoms with Crippen molar-refractivity contribution in [3.63, 3.8) is 0 Å². The molecule has 4 nitrogen and oxygen atoms in total. The van der Waals surface area contributed by atoms with E-state index in [0.29, 0.717) is 19.0 Å². The quantitative estimate of drug-likeness (QED) is 0.866. The van der Waals surface area contributed by atoms with Crippen LogP contribution in [0.4, 0.5) is 9.18 Å². The van der Waals surface area contributed by atoms with Gasteiger partial charge in [-0.05, 0) is 61.1 Å². The van der Waals surface area contributed by atoms with Crippen LogP contribution in [0.25, 0.3) is 0 Å². The number of aliphatic hydroxyl groups is 1. The lowest BCUT2D eigenvalue weighted by Gasteiger charge is -2.40. The summed E-state index contributed by atoms with van der Waals surface area (Å²) in [6, 6.07) is 6.36. The van der Waals surface area contributed by atoms with E-state index >= 15 is 0 Å². The van der Waals surface area contributed by atoms with Gasteiger partial charge in [-0.1, -0.05) is 19.1 Å². The molecule has 1 aromatic rings. The maximum absolute atomic E-state index is 13.1. The first-order valence-electron chi connectivity index (χ1n) is 8.99. The summed E-state index contributed by atoms with van der Waals surface area (Å²) in [4.78, 5) is 14.5. The maximum atomic E-state index is 13.1. The molecule has 0 spiro atoms. The third-order valence-electron chi connectivity index (χ3n) is 5.80. The molecule has 0 bridgehead atoms. The van der Waals surface area contributed by atoms with Crippen LogP contribution in [-0.2, 0) is 0 Å². The van der Waals surface area contributed by atoms with E-state index in [1.54, 1.807) is 12.1 Å². The lowest BCUT2D eigenvalue weighted by Crippen LogP contribution is -2.49. The zero-order valence-corrected chi connectivity index (χ0v) is 14.3. The number of rotatable bonds is 5. The normalized spacial score (nSPS) is 21.4. The van der Waals surface area contributed by atoms with E-state index in [0.717, 1.165) is 37.7 Å². The van der Waals surface area contributed by atoms with E-state index < -0.39 is 0 Å². The number of aliphatic hydroxyl groups excluding tert-OH is 1. The van der Waals surface area contributed by atoms with Gasteiger partial charge in [0, 0.05) is 19.7 Å². The molecule has 1 aromatic carbocycles. The highest BCUT2D eigenvalue weighted by atomic mass is 19.1. The number of nitrogens with zero attached hydrogens (tertiary/aromatic N) is 1. The molecule has 2 N–H and O–H groups in total. The van der Waals surface area contributed by atoms with Gasteiger partial charge in [-0.3, -0.25) is 0 Å². The third-order valence-corrected chi connectivity index (χ3v) is 5.80. The number of benzene rings is 1. The predicted molar refractivity (Wildman–Crippen MR) is 91.0 cm³/mol. The molecule has 1 aliphatic heterocycles. The lowest BCUT2D eigenvalue weighted by atomic mass is 9.77. The van der Waals surface area contributed by atoms with Crippen molar-refractivity contribution in [2.24, 2.45) is 11.3 Å². The molecule has 1 saturated carbocycles. The Morgan fingerprint density at radius 1 is 1.33 bits per heavy atom. The Kier molecular flexibility index (Phi) is 5.09. The SMILES string of the molecule is CCC1(CO)CCN(C(=O)NC(c2ccc(F)cc2)C2CC2)CC1. The molecule has 24 heavy (non-hydrogen) atoms. The maximum Gasteiger partial charge on any atom is 0.317 e. The highest BCUT2D eigenvalue weighted by Gasteiger charge is 2.37. The van der Waals surface area contributed by atoms with Gasteiger partial charge in [-0.25, -0.2) is 9.18 Å². The number of halogens is 1. The average molecular weight is 334 g/mol. The summed E-state index contributed by atoms with van der Waals surface area (Å²) in [7, 11) is 0. The smallest absolute Gasteiger partial charge is 0.317 e. The van der Waals surface area contributed by atoms with Gasteiger partial charge in [-0.2, -0.15) is 0 Å². The summed E-state index contributed by atoms with van der Waals surface area (Å²) in [6.45, 7) is 3.66. The van der Waals surface area contributed by atoms with Crippen LogP contribution in [-0.4, -0.2) is 35.7 Å². The van der Waals surface area contributed by atoms with E-state index in [-0.39, 0.29) is 29.9 Å². The van der Waals surface area contributed by atoms with Crippen LogP contribution in [0, 0.1) is 17.2 Å². The van der Waals surface area contributed by atoms with Crippen LogP contribution in [0.2, 0.25) is 0 Å². The zero-order valence-electron chi connectivity index (χ0n) is 14.3. The second-order valence-corrected chi connectivity index (χ2v) is 7.31. The van der Waals surface area contributed by atoms with Crippen LogP contribution >= 0.6 is 0 Å². The van der Waals surface area contributed by atoms with Crippen molar-refractivity contribution in [3.8, 4) is 0 Å². The van der Waals surface area contributed by atoms with Gasteiger partial charge in [0.15, 0.2) is 0 Å². The van der Waals surface area contributed by atoms with Gasteiger partial charge < -0.3 is 15.3 Å². The fourth-order valence-electron chi connectivity index (χ4n) is 3.60. The fraction of sp³-hybridized carbons (Fsp3) is 0.632. The van der Waals surface area contributed by atoms with Gasteiger partial charge >= 0.3 is 6.03 Å². The van der Waals surface area contributed by atoms with Crippen molar-refractivity contribution in [1.82, 2.24) is 10.2 Å². The molecule has 1 saturated heterocycles. The van der Waals surface area contributed by atoms with Crippen molar-refractivity contribution >= 4 is 6.03 Å². The molecular weight excluding hydrogens is 307 g/mol. The first kappa shape index (κ1) is 17.2. The Balaban J connectivity index is 1.62. The van der Waals surface area contributed by atoms with Crippen LogP contribution in [0.3, 0.4) is 0 Å². The van der Waals surface area contributed by atoms with E-state index in [4.69, 9.17) is 0 Å². The Bertz CT molecular complexity index is 557. The van der Waals surface area contributed by atoms with Gasteiger partial charge in [0.25, 0.3) is 0 Å². The Hall–Kier alpha value is -1.62. The van der Waals surface area contributed by atoms with Crippen molar-refractivity contribution < 1.29 is 14.3 Å². The lowest BCUT2D eigenvalue weighted by molar-refractivity contribution is 0.0513. The monoisotopic (exact) mass is 334 g/mol. The molecule has 3 rings (SSSR count). The summed E-state index contributed by atoms with van der Waals surface area (Å²) in [6.07, 6.45) is 4.84. The third kappa shape index (κ3) is 3.72. The van der Waals surface area contributed by atoms with Crippen LogP contribution in [0.15, 0.2) is 24.3 Å². The average Bonchev–Trinajstić information content (AvgIpc) is 3.45. The van der Waals surface area contributed by atoms with Gasteiger partial charge in [0.1, 0.15) is 5.82 Å². The minimum absolute atomic E-state index is 0.0242. The standard InChI is InChI=1S/C19H27FN2O2/c1-2-19(13-23)9-11-22(12-10-19)18(24)21-17(14-3-4-14)15-5-7-16(20)8-6-15/h5-8,14,17,23H,2-4,9-13H2,1H3,(H,21,24). The zero-order chi connectivity index (χ0) is 17.2. The Morgan fingerprint density at radius 3 is 2.46 bits per heavy atom. The number of piperidine rings is 1. The Labute approximate surface area is 143 Å². The Morgan fingerprint density at radius 2 is 1.96 bits per heavy atom. The number of amides is 2. The van der Waals surface area contributed by atoms with Crippen LogP contribution in [0.1, 0.15) is 50.6 Å². The van der Waals surface area contributed by atoms with Crippen molar-refractivity contribution in [2.45, 2.75) is 45.1 Å². The van der Waals surface area contributed by atoms with Gasteiger partial charge in [0.2, 0.25) is 0 Å².